The molecule has 0 aromatic rings. The van der Waals surface area contributed by atoms with E-state index in [1.54, 1.807) is 0 Å². The van der Waals surface area contributed by atoms with Crippen LogP contribution in [0.4, 0.5) is 0 Å². The standard InChI is InChI=1S/C76H144O6/c1-4-7-10-13-16-19-22-25-27-29-31-32-33-34-35-36-37-38-39-40-41-42-43-44-46-47-49-51-54-57-60-63-66-69-75(78)81-72-73(71-80-74(77)68-65-62-59-56-53-24-21-18-15-12-9-6-3)82-76(79)70-67-64-61-58-55-52-50-48-45-30-28-26-23-20-17-14-11-8-5-2/h18,21,26,28,73H,4-17,19-20,22-25,27,29-72H2,1-3H3/b21-18-,28-26-. The summed E-state index contributed by atoms with van der Waals surface area (Å²) in [5.41, 5.74) is 0. The molecule has 484 valence electrons. The molecule has 1 atom stereocenters. The topological polar surface area (TPSA) is 78.9 Å². The first-order valence-corrected chi connectivity index (χ1v) is 37.3. The Labute approximate surface area is 513 Å². The summed E-state index contributed by atoms with van der Waals surface area (Å²) in [4.78, 5) is 38.4. The van der Waals surface area contributed by atoms with Crippen LogP contribution in [0.15, 0.2) is 24.3 Å². The van der Waals surface area contributed by atoms with E-state index in [1.165, 1.54) is 321 Å². The molecule has 0 N–H and O–H groups in total. The number of carbonyl (C=O) groups is 3. The van der Waals surface area contributed by atoms with Crippen LogP contribution in [0.25, 0.3) is 0 Å². The molecule has 0 aliphatic carbocycles. The third kappa shape index (κ3) is 68.7. The van der Waals surface area contributed by atoms with Crippen LogP contribution in [0, 0.1) is 0 Å². The fraction of sp³-hybridized carbons (Fsp3) is 0.908. The van der Waals surface area contributed by atoms with Crippen molar-refractivity contribution in [1.29, 1.82) is 0 Å². The average Bonchev–Trinajstić information content (AvgIpc) is 3.47. The molecule has 0 bridgehead atoms. The van der Waals surface area contributed by atoms with Gasteiger partial charge in [-0.15, -0.1) is 0 Å². The number of allylic oxidation sites excluding steroid dienone is 4. The Hall–Kier alpha value is -2.11. The summed E-state index contributed by atoms with van der Waals surface area (Å²) in [7, 11) is 0. The number of ether oxygens (including phenoxy) is 3. The number of hydrogen-bond acceptors (Lipinski definition) is 6. The third-order valence-corrected chi connectivity index (χ3v) is 17.2. The number of hydrogen-bond donors (Lipinski definition) is 0. The molecule has 0 radical (unpaired) electrons. The summed E-state index contributed by atoms with van der Waals surface area (Å²) in [6.07, 6.45) is 88.1. The van der Waals surface area contributed by atoms with E-state index < -0.39 is 6.10 Å². The van der Waals surface area contributed by atoms with Gasteiger partial charge in [-0.1, -0.05) is 360 Å². The van der Waals surface area contributed by atoms with E-state index in [2.05, 4.69) is 45.1 Å². The smallest absolute Gasteiger partial charge is 0.306 e. The van der Waals surface area contributed by atoms with Gasteiger partial charge < -0.3 is 14.2 Å². The summed E-state index contributed by atoms with van der Waals surface area (Å²) >= 11 is 0. The van der Waals surface area contributed by atoms with E-state index in [0.717, 1.165) is 64.2 Å². The fourth-order valence-corrected chi connectivity index (χ4v) is 11.6. The normalized spacial score (nSPS) is 12.1. The highest BCUT2D eigenvalue weighted by molar-refractivity contribution is 5.71. The number of rotatable bonds is 70. The molecule has 0 aliphatic rings. The molecule has 0 spiro atoms. The lowest BCUT2D eigenvalue weighted by Gasteiger charge is -2.18. The van der Waals surface area contributed by atoms with Gasteiger partial charge in [-0.2, -0.15) is 0 Å². The lowest BCUT2D eigenvalue weighted by Crippen LogP contribution is -2.30. The van der Waals surface area contributed by atoms with Gasteiger partial charge in [0.15, 0.2) is 6.10 Å². The van der Waals surface area contributed by atoms with Crippen molar-refractivity contribution < 1.29 is 28.6 Å². The molecular weight excluding hydrogens is 1010 g/mol. The van der Waals surface area contributed by atoms with Crippen LogP contribution in [0.2, 0.25) is 0 Å². The van der Waals surface area contributed by atoms with Crippen molar-refractivity contribution in [3.8, 4) is 0 Å². The van der Waals surface area contributed by atoms with Crippen LogP contribution in [-0.2, 0) is 28.6 Å². The number of esters is 3. The van der Waals surface area contributed by atoms with Crippen molar-refractivity contribution in [1.82, 2.24) is 0 Å². The first-order chi connectivity index (χ1) is 40.5. The van der Waals surface area contributed by atoms with Gasteiger partial charge in [0.25, 0.3) is 0 Å². The molecule has 0 saturated carbocycles. The second kappa shape index (κ2) is 71.4. The van der Waals surface area contributed by atoms with Gasteiger partial charge in [0.2, 0.25) is 0 Å². The van der Waals surface area contributed by atoms with Gasteiger partial charge in [-0.25, -0.2) is 0 Å². The molecular formula is C76H144O6. The molecule has 1 unspecified atom stereocenters. The molecule has 0 fully saturated rings. The van der Waals surface area contributed by atoms with Crippen molar-refractivity contribution >= 4 is 17.9 Å². The van der Waals surface area contributed by atoms with Gasteiger partial charge in [0, 0.05) is 19.3 Å². The van der Waals surface area contributed by atoms with Crippen molar-refractivity contribution in [2.24, 2.45) is 0 Å². The highest BCUT2D eigenvalue weighted by Gasteiger charge is 2.20. The summed E-state index contributed by atoms with van der Waals surface area (Å²) in [5.74, 6) is -0.851. The van der Waals surface area contributed by atoms with Crippen LogP contribution in [-0.4, -0.2) is 37.2 Å². The van der Waals surface area contributed by atoms with Gasteiger partial charge in [0.1, 0.15) is 13.2 Å². The predicted octanol–water partition coefficient (Wildman–Crippen LogP) is 25.7. The summed E-state index contributed by atoms with van der Waals surface area (Å²) in [6, 6.07) is 0. The minimum atomic E-state index is -0.774. The minimum Gasteiger partial charge on any atom is -0.462 e. The Morgan fingerprint density at radius 2 is 0.402 bits per heavy atom. The molecule has 0 amide bonds. The van der Waals surface area contributed by atoms with E-state index in [4.69, 9.17) is 14.2 Å². The first kappa shape index (κ1) is 79.9. The van der Waals surface area contributed by atoms with Crippen LogP contribution in [0.1, 0.15) is 425 Å². The molecule has 0 aliphatic heterocycles. The van der Waals surface area contributed by atoms with E-state index in [-0.39, 0.29) is 31.1 Å². The van der Waals surface area contributed by atoms with Crippen molar-refractivity contribution in [2.75, 3.05) is 13.2 Å². The maximum atomic E-state index is 12.9. The summed E-state index contributed by atoms with van der Waals surface area (Å²) in [5, 5.41) is 0. The van der Waals surface area contributed by atoms with Gasteiger partial charge in [-0.3, -0.25) is 14.4 Å². The summed E-state index contributed by atoms with van der Waals surface area (Å²) < 4.78 is 17.0. The molecule has 6 heteroatoms. The lowest BCUT2D eigenvalue weighted by atomic mass is 10.0. The second-order valence-corrected chi connectivity index (χ2v) is 25.6. The molecule has 82 heavy (non-hydrogen) atoms. The summed E-state index contributed by atoms with van der Waals surface area (Å²) in [6.45, 7) is 6.68. The molecule has 0 aromatic heterocycles. The van der Waals surface area contributed by atoms with Gasteiger partial charge in [0.05, 0.1) is 0 Å². The minimum absolute atomic E-state index is 0.0694. The van der Waals surface area contributed by atoms with Crippen molar-refractivity contribution in [3.63, 3.8) is 0 Å². The Kier molecular flexibility index (Phi) is 69.5. The zero-order valence-electron chi connectivity index (χ0n) is 55.8. The number of carbonyl (C=O) groups excluding carboxylic acids is 3. The van der Waals surface area contributed by atoms with Crippen molar-refractivity contribution in [2.45, 2.75) is 431 Å². The van der Waals surface area contributed by atoms with E-state index >= 15 is 0 Å². The van der Waals surface area contributed by atoms with E-state index in [9.17, 15) is 14.4 Å². The average molecular weight is 1150 g/mol. The second-order valence-electron chi connectivity index (χ2n) is 25.6. The fourth-order valence-electron chi connectivity index (χ4n) is 11.6. The SMILES string of the molecule is CCCCC/C=C\CCCCCCCC(=O)OCC(COC(=O)CCCCCCCCCCCCCCCCCCCCCCCCCCCCCCCCCCC)OC(=O)CCCCCCCCCCC/C=C\CCCCCCCC. The van der Waals surface area contributed by atoms with Crippen LogP contribution >= 0.6 is 0 Å². The first-order valence-electron chi connectivity index (χ1n) is 37.3. The molecule has 0 saturated heterocycles. The zero-order chi connectivity index (χ0) is 59.2. The van der Waals surface area contributed by atoms with Gasteiger partial charge >= 0.3 is 17.9 Å². The Bertz CT molecular complexity index is 1320. The zero-order valence-corrected chi connectivity index (χ0v) is 55.8. The Balaban J connectivity index is 4.08. The van der Waals surface area contributed by atoms with Crippen LogP contribution in [0.5, 0.6) is 0 Å². The van der Waals surface area contributed by atoms with E-state index in [1.807, 2.05) is 0 Å². The highest BCUT2D eigenvalue weighted by atomic mass is 16.6. The Morgan fingerprint density at radius 1 is 0.232 bits per heavy atom. The number of unbranched alkanes of at least 4 members (excludes halogenated alkanes) is 55. The monoisotopic (exact) mass is 1150 g/mol. The van der Waals surface area contributed by atoms with Crippen molar-refractivity contribution in [3.05, 3.63) is 24.3 Å². The van der Waals surface area contributed by atoms with E-state index in [0.29, 0.717) is 19.3 Å². The maximum absolute atomic E-state index is 12.9. The highest BCUT2D eigenvalue weighted by Crippen LogP contribution is 2.19. The predicted molar refractivity (Wildman–Crippen MR) is 358 cm³/mol. The maximum Gasteiger partial charge on any atom is 0.306 e. The lowest BCUT2D eigenvalue weighted by molar-refractivity contribution is -0.167. The molecule has 6 nitrogen and oxygen atoms in total. The van der Waals surface area contributed by atoms with Crippen LogP contribution < -0.4 is 0 Å². The molecule has 0 heterocycles. The molecule has 0 rings (SSSR count). The molecule has 0 aromatic carbocycles. The Morgan fingerprint density at radius 3 is 0.634 bits per heavy atom. The third-order valence-electron chi connectivity index (χ3n) is 17.2. The van der Waals surface area contributed by atoms with Gasteiger partial charge in [-0.05, 0) is 70.6 Å². The largest absolute Gasteiger partial charge is 0.462 e. The van der Waals surface area contributed by atoms with Crippen LogP contribution in [0.3, 0.4) is 0 Å². The quantitative estimate of drug-likeness (QED) is 0.0261.